The summed E-state index contributed by atoms with van der Waals surface area (Å²) < 4.78 is 10.5. The van der Waals surface area contributed by atoms with Gasteiger partial charge in [0.1, 0.15) is 17.1 Å². The molecule has 0 unspecified atom stereocenters. The average molecular weight is 344 g/mol. The van der Waals surface area contributed by atoms with Crippen LogP contribution in [0.4, 0.5) is 5.69 Å². The van der Waals surface area contributed by atoms with Crippen molar-refractivity contribution < 1.29 is 18.7 Å². The lowest BCUT2D eigenvalue weighted by molar-refractivity contribution is -0.124. The third-order valence-electron chi connectivity index (χ3n) is 4.04. The van der Waals surface area contributed by atoms with E-state index in [1.54, 1.807) is 20.8 Å². The van der Waals surface area contributed by atoms with Gasteiger partial charge in [0.2, 0.25) is 0 Å². The molecule has 0 aliphatic heterocycles. The first kappa shape index (κ1) is 18.6. The standard InChI is InChI=1S/C19H24N2O4/c1-12-13(2)25-14(3)18(12)19(23)24-11-17(22)20-10-15-6-8-16(9-7-15)21(4)5/h6-9H,10-11H2,1-5H3,(H,20,22). The number of benzene rings is 1. The molecule has 25 heavy (non-hydrogen) atoms. The first-order valence-corrected chi connectivity index (χ1v) is 8.06. The summed E-state index contributed by atoms with van der Waals surface area (Å²) in [5.41, 5.74) is 3.20. The van der Waals surface area contributed by atoms with Crippen LogP contribution in [0.5, 0.6) is 0 Å². The fraction of sp³-hybridized carbons (Fsp3) is 0.368. The molecule has 0 atom stereocenters. The highest BCUT2D eigenvalue weighted by atomic mass is 16.5. The van der Waals surface area contributed by atoms with E-state index in [0.717, 1.165) is 16.8 Å². The Morgan fingerprint density at radius 3 is 2.24 bits per heavy atom. The summed E-state index contributed by atoms with van der Waals surface area (Å²) in [4.78, 5) is 26.0. The van der Waals surface area contributed by atoms with Gasteiger partial charge in [-0.3, -0.25) is 4.79 Å². The number of nitrogens with zero attached hydrogens (tertiary/aromatic N) is 1. The first-order valence-electron chi connectivity index (χ1n) is 8.06. The Labute approximate surface area is 147 Å². The summed E-state index contributed by atoms with van der Waals surface area (Å²) >= 11 is 0. The molecule has 2 rings (SSSR count). The lowest BCUT2D eigenvalue weighted by Crippen LogP contribution is -2.28. The number of ether oxygens (including phenoxy) is 1. The zero-order valence-electron chi connectivity index (χ0n) is 15.3. The second kappa shape index (κ2) is 7.88. The first-order chi connectivity index (χ1) is 11.8. The molecule has 1 heterocycles. The van der Waals surface area contributed by atoms with Crippen LogP contribution in [0.3, 0.4) is 0 Å². The molecule has 0 fully saturated rings. The number of amides is 1. The van der Waals surface area contributed by atoms with E-state index in [4.69, 9.17) is 9.15 Å². The number of anilines is 1. The minimum Gasteiger partial charge on any atom is -0.465 e. The van der Waals surface area contributed by atoms with E-state index in [1.807, 2.05) is 43.3 Å². The highest BCUT2D eigenvalue weighted by Gasteiger charge is 2.20. The summed E-state index contributed by atoms with van der Waals surface area (Å²) in [6.45, 7) is 5.34. The zero-order chi connectivity index (χ0) is 18.6. The molecule has 1 amide bonds. The maximum atomic E-state index is 12.1. The molecule has 0 radical (unpaired) electrons. The summed E-state index contributed by atoms with van der Waals surface area (Å²) in [7, 11) is 3.94. The van der Waals surface area contributed by atoms with Crippen molar-refractivity contribution in [1.29, 1.82) is 0 Å². The number of carbonyl (C=O) groups is 2. The zero-order valence-corrected chi connectivity index (χ0v) is 15.3. The normalized spacial score (nSPS) is 10.4. The molecular weight excluding hydrogens is 320 g/mol. The van der Waals surface area contributed by atoms with Crippen LogP contribution in [0.2, 0.25) is 0 Å². The van der Waals surface area contributed by atoms with Gasteiger partial charge in [0.25, 0.3) is 5.91 Å². The molecule has 0 saturated heterocycles. The molecule has 0 saturated carbocycles. The van der Waals surface area contributed by atoms with Crippen molar-refractivity contribution in [1.82, 2.24) is 5.32 Å². The number of esters is 1. The summed E-state index contributed by atoms with van der Waals surface area (Å²) in [5.74, 6) is 0.286. The van der Waals surface area contributed by atoms with Crippen LogP contribution in [0.15, 0.2) is 28.7 Å². The molecule has 0 bridgehead atoms. The van der Waals surface area contributed by atoms with Crippen LogP contribution in [0.25, 0.3) is 0 Å². The van der Waals surface area contributed by atoms with Crippen LogP contribution in [0, 0.1) is 20.8 Å². The van der Waals surface area contributed by atoms with E-state index in [2.05, 4.69) is 5.32 Å². The number of carbonyl (C=O) groups excluding carboxylic acids is 2. The fourth-order valence-corrected chi connectivity index (χ4v) is 2.46. The number of nitrogens with one attached hydrogen (secondary N) is 1. The Hall–Kier alpha value is -2.76. The molecule has 1 aromatic carbocycles. The number of furan rings is 1. The van der Waals surface area contributed by atoms with Gasteiger partial charge in [0.15, 0.2) is 6.61 Å². The van der Waals surface area contributed by atoms with Gasteiger partial charge in [-0.2, -0.15) is 0 Å². The smallest absolute Gasteiger partial charge is 0.342 e. The van der Waals surface area contributed by atoms with Gasteiger partial charge in [-0.05, 0) is 38.5 Å². The predicted octanol–water partition coefficient (Wildman–Crippen LogP) is 2.74. The Balaban J connectivity index is 1.83. The third-order valence-corrected chi connectivity index (χ3v) is 4.04. The van der Waals surface area contributed by atoms with Gasteiger partial charge in [-0.15, -0.1) is 0 Å². The van der Waals surface area contributed by atoms with Crippen LogP contribution < -0.4 is 10.2 Å². The highest BCUT2D eigenvalue weighted by molar-refractivity contribution is 5.93. The molecule has 1 N–H and O–H groups in total. The van der Waals surface area contributed by atoms with E-state index in [0.29, 0.717) is 23.6 Å². The largest absolute Gasteiger partial charge is 0.465 e. The SMILES string of the molecule is Cc1oc(C)c(C(=O)OCC(=O)NCc2ccc(N(C)C)cc2)c1C. The molecule has 0 aliphatic rings. The maximum absolute atomic E-state index is 12.1. The second-order valence-corrected chi connectivity index (χ2v) is 6.13. The molecule has 0 spiro atoms. The van der Waals surface area contributed by atoms with Gasteiger partial charge >= 0.3 is 5.97 Å². The number of aryl methyl sites for hydroxylation is 2. The summed E-state index contributed by atoms with van der Waals surface area (Å²) in [6, 6.07) is 7.85. The monoisotopic (exact) mass is 344 g/mol. The van der Waals surface area contributed by atoms with Gasteiger partial charge in [0, 0.05) is 31.9 Å². The van der Waals surface area contributed by atoms with Gasteiger partial charge in [-0.1, -0.05) is 12.1 Å². The van der Waals surface area contributed by atoms with Crippen LogP contribution >= 0.6 is 0 Å². The van der Waals surface area contributed by atoms with Crippen molar-refractivity contribution in [3.8, 4) is 0 Å². The number of hydrogen-bond donors (Lipinski definition) is 1. The van der Waals surface area contributed by atoms with Crippen molar-refractivity contribution in [3.05, 3.63) is 52.5 Å². The van der Waals surface area contributed by atoms with Crippen molar-refractivity contribution in [2.75, 3.05) is 25.6 Å². The Bertz CT molecular complexity index is 760. The van der Waals surface area contributed by atoms with Crippen LogP contribution in [-0.2, 0) is 16.1 Å². The molecule has 2 aromatic rings. The molecule has 1 aromatic heterocycles. The average Bonchev–Trinajstić information content (AvgIpc) is 2.83. The van der Waals surface area contributed by atoms with E-state index in [-0.39, 0.29) is 12.5 Å². The molecule has 0 aliphatic carbocycles. The van der Waals surface area contributed by atoms with Crippen LogP contribution in [-0.4, -0.2) is 32.6 Å². The number of rotatable bonds is 6. The molecule has 6 nitrogen and oxygen atoms in total. The third kappa shape index (κ3) is 4.62. The van der Waals surface area contributed by atoms with Crippen molar-refractivity contribution >= 4 is 17.6 Å². The van der Waals surface area contributed by atoms with E-state index in [9.17, 15) is 9.59 Å². The minimum atomic E-state index is -0.544. The highest BCUT2D eigenvalue weighted by Crippen LogP contribution is 2.21. The molecule has 6 heteroatoms. The van der Waals surface area contributed by atoms with E-state index >= 15 is 0 Å². The lowest BCUT2D eigenvalue weighted by atomic mass is 10.1. The summed E-state index contributed by atoms with van der Waals surface area (Å²) in [6.07, 6.45) is 0. The van der Waals surface area contributed by atoms with Gasteiger partial charge in [-0.25, -0.2) is 4.79 Å². The van der Waals surface area contributed by atoms with E-state index in [1.165, 1.54) is 0 Å². The van der Waals surface area contributed by atoms with Crippen molar-refractivity contribution in [3.63, 3.8) is 0 Å². The van der Waals surface area contributed by atoms with Crippen molar-refractivity contribution in [2.24, 2.45) is 0 Å². The second-order valence-electron chi connectivity index (χ2n) is 6.13. The van der Waals surface area contributed by atoms with Gasteiger partial charge in [0.05, 0.1) is 0 Å². The fourth-order valence-electron chi connectivity index (χ4n) is 2.46. The molecular formula is C19H24N2O4. The predicted molar refractivity (Wildman–Crippen MR) is 95.8 cm³/mol. The van der Waals surface area contributed by atoms with Crippen molar-refractivity contribution in [2.45, 2.75) is 27.3 Å². The summed E-state index contributed by atoms with van der Waals surface area (Å²) in [5, 5.41) is 2.74. The lowest BCUT2D eigenvalue weighted by Gasteiger charge is -2.13. The van der Waals surface area contributed by atoms with E-state index < -0.39 is 5.97 Å². The minimum absolute atomic E-state index is 0.322. The van der Waals surface area contributed by atoms with Gasteiger partial charge < -0.3 is 19.4 Å². The van der Waals surface area contributed by atoms with Crippen LogP contribution in [0.1, 0.15) is 33.0 Å². The molecule has 134 valence electrons. The number of hydrogen-bond acceptors (Lipinski definition) is 5. The quantitative estimate of drug-likeness (QED) is 0.816. The maximum Gasteiger partial charge on any atom is 0.342 e. The topological polar surface area (TPSA) is 71.8 Å². The Morgan fingerprint density at radius 1 is 1.08 bits per heavy atom. The Morgan fingerprint density at radius 2 is 1.72 bits per heavy atom. The Kier molecular flexibility index (Phi) is 5.85.